The van der Waals surface area contributed by atoms with E-state index in [-0.39, 0.29) is 18.7 Å². The average molecular weight is 274 g/mol. The maximum Gasteiger partial charge on any atom is 0.303 e. The van der Waals surface area contributed by atoms with Gasteiger partial charge in [0.2, 0.25) is 0 Å². The Morgan fingerprint density at radius 1 is 1.00 bits per heavy atom. The minimum Gasteiger partial charge on any atom is -0.481 e. The highest BCUT2D eigenvalue weighted by Gasteiger charge is 2.10. The lowest BCUT2D eigenvalue weighted by atomic mass is 10.00. The molecule has 2 aromatic rings. The minimum atomic E-state index is -0.924. The van der Waals surface area contributed by atoms with Gasteiger partial charge in [-0.05, 0) is 35.2 Å². The molecule has 0 saturated heterocycles. The van der Waals surface area contributed by atoms with Crippen LogP contribution in [0.2, 0.25) is 0 Å². The highest BCUT2D eigenvalue weighted by molar-refractivity contribution is 5.66. The molecule has 0 aromatic heterocycles. The zero-order chi connectivity index (χ0) is 14.5. The Labute approximate surface area is 116 Å². The van der Waals surface area contributed by atoms with Gasteiger partial charge in [0, 0.05) is 6.42 Å². The smallest absolute Gasteiger partial charge is 0.303 e. The fraction of sp³-hybridized carbons (Fsp3) is 0.188. The molecule has 20 heavy (non-hydrogen) atoms. The topological polar surface area (TPSA) is 57.5 Å². The van der Waals surface area contributed by atoms with Crippen molar-refractivity contribution in [1.82, 2.24) is 0 Å². The van der Waals surface area contributed by atoms with Crippen LogP contribution >= 0.6 is 0 Å². The van der Waals surface area contributed by atoms with Crippen LogP contribution < -0.4 is 0 Å². The summed E-state index contributed by atoms with van der Waals surface area (Å²) in [6.45, 7) is 0. The van der Waals surface area contributed by atoms with Gasteiger partial charge < -0.3 is 10.2 Å². The summed E-state index contributed by atoms with van der Waals surface area (Å²) < 4.78 is 12.8. The van der Waals surface area contributed by atoms with Crippen LogP contribution in [-0.4, -0.2) is 16.2 Å². The molecule has 0 radical (unpaired) electrons. The predicted octanol–water partition coefficient (Wildman–Crippen LogP) is 3.39. The first-order valence-corrected chi connectivity index (χ1v) is 6.32. The number of halogens is 1. The lowest BCUT2D eigenvalue weighted by molar-refractivity contribution is -0.137. The van der Waals surface area contributed by atoms with Crippen molar-refractivity contribution in [2.24, 2.45) is 0 Å². The Morgan fingerprint density at radius 3 is 2.00 bits per heavy atom. The number of aliphatic hydroxyl groups excluding tert-OH is 1. The van der Waals surface area contributed by atoms with Crippen LogP contribution in [0.1, 0.15) is 24.5 Å². The Kier molecular flexibility index (Phi) is 4.48. The summed E-state index contributed by atoms with van der Waals surface area (Å²) >= 11 is 0. The summed E-state index contributed by atoms with van der Waals surface area (Å²) in [5.41, 5.74) is 2.48. The molecular weight excluding hydrogens is 259 g/mol. The number of aliphatic carboxylic acids is 1. The maximum atomic E-state index is 12.8. The fourth-order valence-corrected chi connectivity index (χ4v) is 1.97. The molecule has 0 aliphatic carbocycles. The second kappa shape index (κ2) is 6.30. The molecule has 0 saturated carbocycles. The van der Waals surface area contributed by atoms with E-state index >= 15 is 0 Å². The molecule has 1 atom stereocenters. The van der Waals surface area contributed by atoms with Crippen LogP contribution in [0, 0.1) is 5.82 Å². The van der Waals surface area contributed by atoms with Crippen molar-refractivity contribution in [2.45, 2.75) is 18.9 Å². The second-order valence-corrected chi connectivity index (χ2v) is 4.58. The van der Waals surface area contributed by atoms with E-state index in [4.69, 9.17) is 5.11 Å². The largest absolute Gasteiger partial charge is 0.481 e. The third-order valence-corrected chi connectivity index (χ3v) is 3.10. The van der Waals surface area contributed by atoms with Gasteiger partial charge in [0.15, 0.2) is 0 Å². The third-order valence-electron chi connectivity index (χ3n) is 3.10. The predicted molar refractivity (Wildman–Crippen MR) is 73.7 cm³/mol. The van der Waals surface area contributed by atoms with Crippen LogP contribution in [0.4, 0.5) is 4.39 Å². The van der Waals surface area contributed by atoms with E-state index in [0.29, 0.717) is 5.56 Å². The van der Waals surface area contributed by atoms with Gasteiger partial charge >= 0.3 is 5.97 Å². The molecule has 0 bridgehead atoms. The van der Waals surface area contributed by atoms with Crippen LogP contribution in [0.25, 0.3) is 11.1 Å². The maximum absolute atomic E-state index is 12.8. The van der Waals surface area contributed by atoms with Crippen LogP contribution in [0.3, 0.4) is 0 Å². The summed E-state index contributed by atoms with van der Waals surface area (Å²) in [5, 5.41) is 18.4. The summed E-state index contributed by atoms with van der Waals surface area (Å²) in [6, 6.07) is 13.3. The lowest BCUT2D eigenvalue weighted by Crippen LogP contribution is -2.02. The normalized spacial score (nSPS) is 12.1. The molecule has 0 aliphatic heterocycles. The molecule has 0 amide bonds. The summed E-state index contributed by atoms with van der Waals surface area (Å²) in [7, 11) is 0. The zero-order valence-electron chi connectivity index (χ0n) is 10.8. The van der Waals surface area contributed by atoms with Crippen LogP contribution in [-0.2, 0) is 4.79 Å². The first-order chi connectivity index (χ1) is 9.56. The van der Waals surface area contributed by atoms with Crippen molar-refractivity contribution in [1.29, 1.82) is 0 Å². The zero-order valence-corrected chi connectivity index (χ0v) is 10.8. The van der Waals surface area contributed by atoms with E-state index in [1.54, 1.807) is 24.3 Å². The Balaban J connectivity index is 2.09. The Bertz CT molecular complexity index is 576. The number of carbonyl (C=O) groups is 1. The molecule has 0 heterocycles. The molecule has 0 aliphatic rings. The van der Waals surface area contributed by atoms with Crippen molar-refractivity contribution in [3.05, 3.63) is 59.9 Å². The van der Waals surface area contributed by atoms with Gasteiger partial charge in [-0.25, -0.2) is 4.39 Å². The highest BCUT2D eigenvalue weighted by Crippen LogP contribution is 2.24. The molecule has 2 rings (SSSR count). The quantitative estimate of drug-likeness (QED) is 0.878. The van der Waals surface area contributed by atoms with Crippen molar-refractivity contribution >= 4 is 5.97 Å². The van der Waals surface area contributed by atoms with Gasteiger partial charge in [0.05, 0.1) is 6.10 Å². The summed E-state index contributed by atoms with van der Waals surface area (Å²) in [4.78, 5) is 10.5. The highest BCUT2D eigenvalue weighted by atomic mass is 19.1. The van der Waals surface area contributed by atoms with Crippen molar-refractivity contribution in [2.75, 3.05) is 0 Å². The van der Waals surface area contributed by atoms with Gasteiger partial charge in [-0.3, -0.25) is 4.79 Å². The van der Waals surface area contributed by atoms with E-state index in [9.17, 15) is 14.3 Å². The van der Waals surface area contributed by atoms with E-state index < -0.39 is 12.1 Å². The van der Waals surface area contributed by atoms with Gasteiger partial charge in [0.1, 0.15) is 5.82 Å². The number of benzene rings is 2. The molecular formula is C16H15FO3. The molecule has 0 spiro atoms. The first kappa shape index (κ1) is 14.2. The molecule has 2 N–H and O–H groups in total. The van der Waals surface area contributed by atoms with Crippen LogP contribution in [0.5, 0.6) is 0 Å². The number of carboxylic acid groups (broad SMARTS) is 1. The summed E-state index contributed by atoms with van der Waals surface area (Å²) in [5.74, 6) is -1.21. The third kappa shape index (κ3) is 3.65. The van der Waals surface area contributed by atoms with Gasteiger partial charge in [-0.2, -0.15) is 0 Å². The molecule has 3 nitrogen and oxygen atoms in total. The lowest BCUT2D eigenvalue weighted by Gasteiger charge is -2.10. The standard InChI is InChI=1S/C16H15FO3/c17-14-7-5-12(6-8-14)11-1-3-13(4-2-11)15(18)9-10-16(19)20/h1-8,15,18H,9-10H2,(H,19,20)/t15-/m1/s1. The van der Waals surface area contributed by atoms with Gasteiger partial charge in [-0.15, -0.1) is 0 Å². The summed E-state index contributed by atoms with van der Waals surface area (Å²) in [6.07, 6.45) is -0.667. The number of hydrogen-bond donors (Lipinski definition) is 2. The Hall–Kier alpha value is -2.20. The number of aliphatic hydroxyl groups is 1. The number of carboxylic acids is 1. The van der Waals surface area contributed by atoms with Gasteiger partial charge in [-0.1, -0.05) is 36.4 Å². The second-order valence-electron chi connectivity index (χ2n) is 4.58. The fourth-order valence-electron chi connectivity index (χ4n) is 1.97. The minimum absolute atomic E-state index is 0.0686. The molecule has 104 valence electrons. The van der Waals surface area contributed by atoms with Crippen LogP contribution in [0.15, 0.2) is 48.5 Å². The van der Waals surface area contributed by atoms with Crippen molar-refractivity contribution in [3.63, 3.8) is 0 Å². The number of rotatable bonds is 5. The monoisotopic (exact) mass is 274 g/mol. The molecule has 4 heteroatoms. The van der Waals surface area contributed by atoms with Crippen molar-refractivity contribution < 1.29 is 19.4 Å². The first-order valence-electron chi connectivity index (χ1n) is 6.32. The van der Waals surface area contributed by atoms with Gasteiger partial charge in [0.25, 0.3) is 0 Å². The van der Waals surface area contributed by atoms with E-state index in [2.05, 4.69) is 0 Å². The molecule has 0 fully saturated rings. The van der Waals surface area contributed by atoms with E-state index in [1.165, 1.54) is 12.1 Å². The van der Waals surface area contributed by atoms with E-state index in [1.807, 2.05) is 12.1 Å². The number of hydrogen-bond acceptors (Lipinski definition) is 2. The SMILES string of the molecule is O=C(O)CC[C@@H](O)c1ccc(-c2ccc(F)cc2)cc1. The average Bonchev–Trinajstić information content (AvgIpc) is 2.46. The molecule has 2 aromatic carbocycles. The molecule has 0 unspecified atom stereocenters. The Morgan fingerprint density at radius 2 is 1.50 bits per heavy atom. The van der Waals surface area contributed by atoms with Crippen molar-refractivity contribution in [3.8, 4) is 11.1 Å². The van der Waals surface area contributed by atoms with E-state index in [0.717, 1.165) is 11.1 Å².